The van der Waals surface area contributed by atoms with Gasteiger partial charge >= 0.3 is 0 Å². The van der Waals surface area contributed by atoms with Gasteiger partial charge in [0.25, 0.3) is 0 Å². The summed E-state index contributed by atoms with van der Waals surface area (Å²) in [6.07, 6.45) is 2.94. The zero-order valence-electron chi connectivity index (χ0n) is 6.77. The monoisotopic (exact) mass is 176 g/mol. The molecule has 1 aromatic rings. The van der Waals surface area contributed by atoms with Gasteiger partial charge in [0.2, 0.25) is 11.6 Å². The first-order valence-electron chi connectivity index (χ1n) is 4.09. The molecule has 2 aliphatic heterocycles. The second kappa shape index (κ2) is 1.85. The van der Waals surface area contributed by atoms with Gasteiger partial charge in [-0.2, -0.15) is 0 Å². The Morgan fingerprint density at radius 2 is 1.38 bits per heavy atom. The molecule has 2 bridgehead atoms. The minimum atomic E-state index is -1.43. The molecule has 2 heterocycles. The number of benzene rings is 1. The highest BCUT2D eigenvalue weighted by atomic mass is 16.7. The summed E-state index contributed by atoms with van der Waals surface area (Å²) in [5.41, 5.74) is 1.25. The van der Waals surface area contributed by atoms with Crippen LogP contribution in [0.15, 0.2) is 36.4 Å². The maximum Gasteiger partial charge on any atom is 0.216 e. The van der Waals surface area contributed by atoms with E-state index in [1.54, 1.807) is 24.3 Å². The van der Waals surface area contributed by atoms with Crippen LogP contribution in [0.3, 0.4) is 0 Å². The minimum Gasteiger partial charge on any atom is -0.358 e. The summed E-state index contributed by atoms with van der Waals surface area (Å²) in [5, 5.41) is 19.8. The van der Waals surface area contributed by atoms with Gasteiger partial charge in [-0.05, 0) is 12.2 Å². The van der Waals surface area contributed by atoms with E-state index in [9.17, 15) is 10.2 Å². The summed E-state index contributed by atoms with van der Waals surface area (Å²) in [5.74, 6) is -2.85. The third-order valence-electron chi connectivity index (χ3n) is 2.55. The Hall–Kier alpha value is -1.16. The predicted octanol–water partition coefficient (Wildman–Crippen LogP) is 0.577. The molecular weight excluding hydrogens is 168 g/mol. The van der Waals surface area contributed by atoms with Gasteiger partial charge in [0, 0.05) is 11.1 Å². The van der Waals surface area contributed by atoms with Crippen molar-refractivity contribution in [2.75, 3.05) is 0 Å². The number of ether oxygens (including phenoxy) is 1. The van der Waals surface area contributed by atoms with Gasteiger partial charge < -0.3 is 14.9 Å². The zero-order chi connectivity index (χ0) is 9.10. The molecule has 3 heteroatoms. The van der Waals surface area contributed by atoms with E-state index in [2.05, 4.69) is 0 Å². The Labute approximate surface area is 74.9 Å². The van der Waals surface area contributed by atoms with Gasteiger partial charge in [-0.25, -0.2) is 0 Å². The molecular formula is C10H8O3. The van der Waals surface area contributed by atoms with E-state index >= 15 is 0 Å². The maximum atomic E-state index is 9.89. The largest absolute Gasteiger partial charge is 0.358 e. The van der Waals surface area contributed by atoms with E-state index in [4.69, 9.17) is 4.74 Å². The van der Waals surface area contributed by atoms with Crippen molar-refractivity contribution in [1.29, 1.82) is 0 Å². The van der Waals surface area contributed by atoms with Crippen molar-refractivity contribution in [3.8, 4) is 0 Å². The van der Waals surface area contributed by atoms with Gasteiger partial charge in [-0.1, -0.05) is 24.3 Å². The van der Waals surface area contributed by atoms with Crippen LogP contribution < -0.4 is 0 Å². The molecule has 0 radical (unpaired) electrons. The molecule has 1 aromatic carbocycles. The van der Waals surface area contributed by atoms with E-state index in [-0.39, 0.29) is 0 Å². The van der Waals surface area contributed by atoms with Gasteiger partial charge in [0.05, 0.1) is 0 Å². The van der Waals surface area contributed by atoms with E-state index in [0.717, 1.165) is 0 Å². The molecule has 2 atom stereocenters. The van der Waals surface area contributed by atoms with Crippen LogP contribution in [-0.4, -0.2) is 10.2 Å². The minimum absolute atomic E-state index is 0.625. The third-order valence-corrected chi connectivity index (χ3v) is 2.55. The van der Waals surface area contributed by atoms with Crippen molar-refractivity contribution in [1.82, 2.24) is 0 Å². The highest BCUT2D eigenvalue weighted by molar-refractivity contribution is 5.46. The summed E-state index contributed by atoms with van der Waals surface area (Å²) in [4.78, 5) is 0. The lowest BCUT2D eigenvalue weighted by molar-refractivity contribution is -0.266. The smallest absolute Gasteiger partial charge is 0.216 e. The fourth-order valence-electron chi connectivity index (χ4n) is 1.93. The van der Waals surface area contributed by atoms with Gasteiger partial charge in [0.15, 0.2) is 0 Å². The molecule has 0 saturated carbocycles. The Morgan fingerprint density at radius 3 is 1.85 bits per heavy atom. The van der Waals surface area contributed by atoms with E-state index in [1.807, 2.05) is 0 Å². The molecule has 13 heavy (non-hydrogen) atoms. The van der Waals surface area contributed by atoms with Crippen molar-refractivity contribution < 1.29 is 14.9 Å². The van der Waals surface area contributed by atoms with Gasteiger partial charge in [-0.15, -0.1) is 0 Å². The molecule has 3 rings (SSSR count). The van der Waals surface area contributed by atoms with E-state index in [0.29, 0.717) is 11.1 Å². The van der Waals surface area contributed by atoms with Crippen LogP contribution in [0.25, 0.3) is 0 Å². The maximum absolute atomic E-state index is 9.89. The first kappa shape index (κ1) is 7.26. The van der Waals surface area contributed by atoms with Crippen LogP contribution >= 0.6 is 0 Å². The molecule has 2 aliphatic rings. The van der Waals surface area contributed by atoms with E-state index in [1.165, 1.54) is 12.2 Å². The Bertz CT molecular complexity index is 375. The second-order valence-corrected chi connectivity index (χ2v) is 3.37. The number of hydrogen-bond acceptors (Lipinski definition) is 3. The molecule has 3 nitrogen and oxygen atoms in total. The molecule has 0 spiro atoms. The summed E-state index contributed by atoms with van der Waals surface area (Å²) >= 11 is 0. The van der Waals surface area contributed by atoms with Crippen LogP contribution in [0.2, 0.25) is 0 Å². The zero-order valence-corrected chi connectivity index (χ0v) is 6.77. The lowest BCUT2D eigenvalue weighted by Crippen LogP contribution is -2.22. The third kappa shape index (κ3) is 0.698. The average Bonchev–Trinajstić information content (AvgIpc) is 2.55. The Kier molecular flexibility index (Phi) is 1.03. The van der Waals surface area contributed by atoms with Gasteiger partial charge in [0.1, 0.15) is 0 Å². The van der Waals surface area contributed by atoms with Crippen molar-refractivity contribution >= 4 is 0 Å². The van der Waals surface area contributed by atoms with Crippen LogP contribution in [0.4, 0.5) is 0 Å². The molecule has 66 valence electrons. The van der Waals surface area contributed by atoms with Crippen LogP contribution in [0, 0.1) is 0 Å². The lowest BCUT2D eigenvalue weighted by atomic mass is 9.93. The summed E-state index contributed by atoms with van der Waals surface area (Å²) in [6, 6.07) is 7.10. The highest BCUT2D eigenvalue weighted by Crippen LogP contribution is 2.50. The fraction of sp³-hybridized carbons (Fsp3) is 0.200. The number of fused-ring (bicyclic) bond motifs is 5. The topological polar surface area (TPSA) is 49.7 Å². The van der Waals surface area contributed by atoms with Crippen molar-refractivity contribution in [2.45, 2.75) is 11.6 Å². The molecule has 0 fully saturated rings. The molecule has 0 saturated heterocycles. The Balaban J connectivity index is 2.35. The lowest BCUT2D eigenvalue weighted by Gasteiger charge is -2.15. The van der Waals surface area contributed by atoms with Gasteiger partial charge in [-0.3, -0.25) is 0 Å². The van der Waals surface area contributed by atoms with Crippen LogP contribution in [0.5, 0.6) is 0 Å². The molecule has 0 amide bonds. The first-order chi connectivity index (χ1) is 6.14. The molecule has 0 aliphatic carbocycles. The fourth-order valence-corrected chi connectivity index (χ4v) is 1.93. The van der Waals surface area contributed by atoms with Crippen molar-refractivity contribution in [3.63, 3.8) is 0 Å². The first-order valence-corrected chi connectivity index (χ1v) is 4.09. The molecule has 0 aromatic heterocycles. The van der Waals surface area contributed by atoms with E-state index < -0.39 is 11.6 Å². The predicted molar refractivity (Wildman–Crippen MR) is 44.5 cm³/mol. The number of rotatable bonds is 0. The van der Waals surface area contributed by atoms with Crippen LogP contribution in [-0.2, 0) is 16.3 Å². The SMILES string of the molecule is OC12C=CC(O)(O1)c1ccccc12. The second-order valence-electron chi connectivity index (χ2n) is 3.37. The number of hydrogen-bond donors (Lipinski definition) is 2. The van der Waals surface area contributed by atoms with Crippen molar-refractivity contribution in [2.24, 2.45) is 0 Å². The summed E-state index contributed by atoms with van der Waals surface area (Å²) in [6.45, 7) is 0. The molecule has 2 N–H and O–H groups in total. The Morgan fingerprint density at radius 1 is 0.923 bits per heavy atom. The van der Waals surface area contributed by atoms with Crippen molar-refractivity contribution in [3.05, 3.63) is 47.5 Å². The molecule has 2 unspecified atom stereocenters. The quantitative estimate of drug-likeness (QED) is 0.568. The number of aliphatic hydroxyl groups is 2. The standard InChI is InChI=1S/C10H8O3/c11-9-5-6-10(12,13-9)8-4-2-1-3-7(8)9/h1-6,11-12H. The average molecular weight is 176 g/mol. The summed E-state index contributed by atoms with van der Waals surface area (Å²) < 4.78 is 5.12. The highest BCUT2D eigenvalue weighted by Gasteiger charge is 2.54. The normalized spacial score (nSPS) is 39.5. The van der Waals surface area contributed by atoms with Crippen LogP contribution in [0.1, 0.15) is 11.1 Å². The summed E-state index contributed by atoms with van der Waals surface area (Å²) in [7, 11) is 0.